The van der Waals surface area contributed by atoms with E-state index in [1.165, 1.54) is 41.3 Å². The molecule has 2 heterocycles. The van der Waals surface area contributed by atoms with Gasteiger partial charge in [-0.05, 0) is 32.9 Å². The summed E-state index contributed by atoms with van der Waals surface area (Å²) < 4.78 is 15.7. The standard InChI is InChI=1S/C21H23FN6O2S2/c1-5-10-28-18(13(3)23-19(30)15-8-6-7-9-16(15)22)26-27-21(28)31-11-17(29)25-20-24-12(2)14(4)32-20/h5-9,13H,1,10-11H2,2-4H3,(H,23,30)(H,24,25,29)/t13-/m1/s1. The lowest BCUT2D eigenvalue weighted by Crippen LogP contribution is -2.29. The van der Waals surface area contributed by atoms with Crippen molar-refractivity contribution in [2.75, 3.05) is 11.1 Å². The Hall–Kier alpha value is -3.05. The number of thioether (sulfide) groups is 1. The van der Waals surface area contributed by atoms with Gasteiger partial charge in [0.15, 0.2) is 16.1 Å². The molecule has 0 unspecified atom stereocenters. The predicted octanol–water partition coefficient (Wildman–Crippen LogP) is 3.90. The molecule has 3 aromatic rings. The van der Waals surface area contributed by atoms with Gasteiger partial charge in [0.05, 0.1) is 23.1 Å². The van der Waals surface area contributed by atoms with Crippen LogP contribution in [0.1, 0.15) is 39.7 Å². The number of hydrogen-bond acceptors (Lipinski definition) is 7. The highest BCUT2D eigenvalue weighted by Crippen LogP contribution is 2.24. The van der Waals surface area contributed by atoms with E-state index in [9.17, 15) is 14.0 Å². The van der Waals surface area contributed by atoms with Gasteiger partial charge >= 0.3 is 0 Å². The second-order valence-electron chi connectivity index (χ2n) is 6.91. The van der Waals surface area contributed by atoms with Gasteiger partial charge < -0.3 is 15.2 Å². The summed E-state index contributed by atoms with van der Waals surface area (Å²) in [5, 5.41) is 14.9. The first kappa shape index (κ1) is 23.6. The van der Waals surface area contributed by atoms with Crippen LogP contribution in [-0.4, -0.2) is 37.3 Å². The third kappa shape index (κ3) is 5.60. The Morgan fingerprint density at radius 3 is 2.72 bits per heavy atom. The van der Waals surface area contributed by atoms with Crippen molar-refractivity contribution in [1.82, 2.24) is 25.1 Å². The Labute approximate surface area is 193 Å². The number of halogens is 1. The second kappa shape index (κ2) is 10.5. The molecule has 0 bridgehead atoms. The van der Waals surface area contributed by atoms with Crippen LogP contribution in [-0.2, 0) is 11.3 Å². The van der Waals surface area contributed by atoms with Gasteiger partial charge in [-0.1, -0.05) is 30.0 Å². The van der Waals surface area contributed by atoms with Crippen molar-refractivity contribution in [3.63, 3.8) is 0 Å². The predicted molar refractivity (Wildman–Crippen MR) is 123 cm³/mol. The molecule has 0 aliphatic carbocycles. The van der Waals surface area contributed by atoms with Gasteiger partial charge in [0.25, 0.3) is 5.91 Å². The minimum absolute atomic E-state index is 0.0481. The summed E-state index contributed by atoms with van der Waals surface area (Å²) in [6.45, 7) is 9.71. The summed E-state index contributed by atoms with van der Waals surface area (Å²) in [5.41, 5.74) is 0.841. The fourth-order valence-corrected chi connectivity index (χ4v) is 4.41. The lowest BCUT2D eigenvalue weighted by molar-refractivity contribution is -0.113. The molecular weight excluding hydrogens is 451 g/mol. The number of thiazole rings is 1. The highest BCUT2D eigenvalue weighted by Gasteiger charge is 2.21. The van der Waals surface area contributed by atoms with E-state index in [4.69, 9.17) is 0 Å². The minimum atomic E-state index is -0.599. The molecule has 0 radical (unpaired) electrons. The normalized spacial score (nSPS) is 11.8. The molecule has 2 aromatic heterocycles. The maximum atomic E-state index is 13.9. The molecule has 2 amide bonds. The van der Waals surface area contributed by atoms with Crippen LogP contribution >= 0.6 is 23.1 Å². The molecule has 3 rings (SSSR count). The van der Waals surface area contributed by atoms with Crippen LogP contribution in [0.2, 0.25) is 0 Å². The first-order chi connectivity index (χ1) is 15.3. The van der Waals surface area contributed by atoms with E-state index in [-0.39, 0.29) is 17.2 Å². The Bertz CT molecular complexity index is 1120. The molecule has 0 aliphatic heterocycles. The van der Waals surface area contributed by atoms with Crippen molar-refractivity contribution < 1.29 is 14.0 Å². The van der Waals surface area contributed by atoms with Crippen LogP contribution < -0.4 is 10.6 Å². The number of aryl methyl sites for hydroxylation is 2. The van der Waals surface area contributed by atoms with Gasteiger partial charge in [-0.15, -0.1) is 28.1 Å². The van der Waals surface area contributed by atoms with Crippen molar-refractivity contribution in [3.8, 4) is 0 Å². The number of nitrogens with one attached hydrogen (secondary N) is 2. The Kier molecular flexibility index (Phi) is 7.75. The largest absolute Gasteiger partial charge is 0.342 e. The molecule has 1 atom stereocenters. The fraction of sp³-hybridized carbons (Fsp3) is 0.286. The van der Waals surface area contributed by atoms with E-state index in [2.05, 4.69) is 32.4 Å². The van der Waals surface area contributed by atoms with Gasteiger partial charge in [-0.3, -0.25) is 9.59 Å². The molecule has 0 aliphatic rings. The lowest BCUT2D eigenvalue weighted by atomic mass is 10.2. The van der Waals surface area contributed by atoms with Crippen LogP contribution in [0.15, 0.2) is 42.1 Å². The molecule has 11 heteroatoms. The molecule has 8 nitrogen and oxygen atoms in total. The van der Waals surface area contributed by atoms with Crippen molar-refractivity contribution in [3.05, 3.63) is 64.7 Å². The van der Waals surface area contributed by atoms with E-state index in [0.29, 0.717) is 22.7 Å². The van der Waals surface area contributed by atoms with Crippen molar-refractivity contribution in [2.45, 2.75) is 38.5 Å². The first-order valence-corrected chi connectivity index (χ1v) is 11.6. The molecule has 168 valence electrons. The Balaban J connectivity index is 1.67. The lowest BCUT2D eigenvalue weighted by Gasteiger charge is -2.15. The van der Waals surface area contributed by atoms with Crippen molar-refractivity contribution in [2.24, 2.45) is 0 Å². The van der Waals surface area contributed by atoms with Gasteiger partial charge in [-0.25, -0.2) is 9.37 Å². The summed E-state index contributed by atoms with van der Waals surface area (Å²) in [7, 11) is 0. The molecule has 2 N–H and O–H groups in total. The summed E-state index contributed by atoms with van der Waals surface area (Å²) in [6.07, 6.45) is 1.67. The zero-order valence-electron chi connectivity index (χ0n) is 17.9. The number of aromatic nitrogens is 4. The SMILES string of the molecule is C=CCn1c(SCC(=O)Nc2nc(C)c(C)s2)nnc1[C@@H](C)NC(=O)c1ccccc1F. The quantitative estimate of drug-likeness (QED) is 0.360. The highest BCUT2D eigenvalue weighted by atomic mass is 32.2. The fourth-order valence-electron chi connectivity index (χ4n) is 2.82. The average Bonchev–Trinajstić information content (AvgIpc) is 3.29. The molecule has 32 heavy (non-hydrogen) atoms. The van der Waals surface area contributed by atoms with E-state index < -0.39 is 17.8 Å². The molecule has 0 saturated carbocycles. The zero-order valence-corrected chi connectivity index (χ0v) is 19.5. The van der Waals surface area contributed by atoms with Crippen molar-refractivity contribution >= 4 is 40.0 Å². The molecule has 0 spiro atoms. The third-order valence-electron chi connectivity index (χ3n) is 4.52. The van der Waals surface area contributed by atoms with Crippen molar-refractivity contribution in [1.29, 1.82) is 0 Å². The summed E-state index contributed by atoms with van der Waals surface area (Å²) in [4.78, 5) is 30.1. The van der Waals surface area contributed by atoms with Crippen LogP contribution in [0.25, 0.3) is 0 Å². The van der Waals surface area contributed by atoms with Crippen LogP contribution in [0.3, 0.4) is 0 Å². The van der Waals surface area contributed by atoms with Crippen LogP contribution in [0.4, 0.5) is 9.52 Å². The van der Waals surface area contributed by atoms with Gasteiger partial charge in [0, 0.05) is 11.4 Å². The molecule has 0 saturated heterocycles. The van der Waals surface area contributed by atoms with E-state index in [1.807, 2.05) is 13.8 Å². The molecular formula is C21H23FN6O2S2. The first-order valence-electron chi connectivity index (χ1n) is 9.76. The third-order valence-corrected chi connectivity index (χ3v) is 6.47. The number of allylic oxidation sites excluding steroid dienone is 1. The number of amides is 2. The van der Waals surface area contributed by atoms with E-state index in [1.54, 1.807) is 23.6 Å². The van der Waals surface area contributed by atoms with Gasteiger partial charge in [0.1, 0.15) is 5.82 Å². The van der Waals surface area contributed by atoms with Crippen LogP contribution in [0, 0.1) is 19.7 Å². The topological polar surface area (TPSA) is 102 Å². The van der Waals surface area contributed by atoms with E-state index >= 15 is 0 Å². The monoisotopic (exact) mass is 474 g/mol. The number of rotatable bonds is 9. The average molecular weight is 475 g/mol. The molecule has 1 aromatic carbocycles. The number of hydrogen-bond donors (Lipinski definition) is 2. The minimum Gasteiger partial charge on any atom is -0.342 e. The maximum Gasteiger partial charge on any atom is 0.254 e. The maximum absolute atomic E-state index is 13.9. The van der Waals surface area contributed by atoms with Crippen LogP contribution in [0.5, 0.6) is 0 Å². The number of benzene rings is 1. The highest BCUT2D eigenvalue weighted by molar-refractivity contribution is 7.99. The summed E-state index contributed by atoms with van der Waals surface area (Å²) in [6, 6.07) is 5.22. The van der Waals surface area contributed by atoms with Gasteiger partial charge in [0.2, 0.25) is 5.91 Å². The number of carbonyl (C=O) groups excluding carboxylic acids is 2. The Morgan fingerprint density at radius 2 is 2.06 bits per heavy atom. The smallest absolute Gasteiger partial charge is 0.254 e. The van der Waals surface area contributed by atoms with E-state index in [0.717, 1.165) is 10.6 Å². The molecule has 0 fully saturated rings. The second-order valence-corrected chi connectivity index (χ2v) is 9.06. The number of nitrogens with zero attached hydrogens (tertiary/aromatic N) is 4. The zero-order chi connectivity index (χ0) is 23.3. The summed E-state index contributed by atoms with van der Waals surface area (Å²) >= 11 is 2.64. The Morgan fingerprint density at radius 1 is 1.31 bits per heavy atom. The number of carbonyl (C=O) groups is 2. The number of anilines is 1. The summed E-state index contributed by atoms with van der Waals surface area (Å²) in [5.74, 6) is -0.768. The van der Waals surface area contributed by atoms with Gasteiger partial charge in [-0.2, -0.15) is 0 Å².